The Balaban J connectivity index is 2.02. The van der Waals surface area contributed by atoms with Gasteiger partial charge in [-0.25, -0.2) is 9.97 Å². The number of rotatable bonds is 3. The lowest BCUT2D eigenvalue weighted by Crippen LogP contribution is -1.96. The van der Waals surface area contributed by atoms with Gasteiger partial charge in [0.05, 0.1) is 10.7 Å². The van der Waals surface area contributed by atoms with Crippen LogP contribution >= 0.6 is 27.3 Å². The fourth-order valence-electron chi connectivity index (χ4n) is 1.11. The van der Waals surface area contributed by atoms with E-state index in [0.717, 1.165) is 21.1 Å². The van der Waals surface area contributed by atoms with Gasteiger partial charge < -0.3 is 4.74 Å². The molecule has 5 heteroatoms. The highest BCUT2D eigenvalue weighted by molar-refractivity contribution is 9.10. The second kappa shape index (κ2) is 4.72. The van der Waals surface area contributed by atoms with Gasteiger partial charge in [-0.05, 0) is 35.0 Å². The molecule has 0 fully saturated rings. The van der Waals surface area contributed by atoms with Crippen molar-refractivity contribution < 1.29 is 4.74 Å². The van der Waals surface area contributed by atoms with Crippen molar-refractivity contribution in [2.75, 3.05) is 0 Å². The van der Waals surface area contributed by atoms with E-state index in [4.69, 9.17) is 4.74 Å². The Morgan fingerprint density at radius 3 is 3.07 bits per heavy atom. The van der Waals surface area contributed by atoms with Crippen molar-refractivity contribution in [1.82, 2.24) is 9.97 Å². The van der Waals surface area contributed by atoms with Crippen molar-refractivity contribution in [1.29, 1.82) is 0 Å². The number of pyridine rings is 1. The predicted octanol–water partition coefficient (Wildman–Crippen LogP) is 3.19. The first-order chi connectivity index (χ1) is 7.25. The molecule has 0 spiro atoms. The van der Waals surface area contributed by atoms with E-state index < -0.39 is 0 Å². The number of nitrogens with zero attached hydrogens (tertiary/aromatic N) is 2. The van der Waals surface area contributed by atoms with Gasteiger partial charge in [0.2, 0.25) is 0 Å². The van der Waals surface area contributed by atoms with Crippen LogP contribution in [-0.4, -0.2) is 9.97 Å². The number of aromatic nitrogens is 2. The van der Waals surface area contributed by atoms with Crippen LogP contribution in [0.2, 0.25) is 0 Å². The third-order valence-electron chi connectivity index (χ3n) is 1.77. The van der Waals surface area contributed by atoms with E-state index in [1.165, 1.54) is 0 Å². The maximum Gasteiger partial charge on any atom is 0.152 e. The lowest BCUT2D eigenvalue weighted by Gasteiger charge is -2.04. The molecule has 0 bridgehead atoms. The minimum absolute atomic E-state index is 0.481. The zero-order valence-corrected chi connectivity index (χ0v) is 10.5. The Morgan fingerprint density at radius 2 is 2.40 bits per heavy atom. The highest BCUT2D eigenvalue weighted by atomic mass is 79.9. The second-order valence-electron chi connectivity index (χ2n) is 2.94. The lowest BCUT2D eigenvalue weighted by atomic mass is 10.4. The molecule has 0 aromatic carbocycles. The summed E-state index contributed by atoms with van der Waals surface area (Å²) in [5, 5.41) is 3.05. The molecule has 0 radical (unpaired) electrons. The van der Waals surface area contributed by atoms with Crippen molar-refractivity contribution in [2.45, 2.75) is 13.5 Å². The summed E-state index contributed by atoms with van der Waals surface area (Å²) in [5.41, 5.74) is 0.952. The summed E-state index contributed by atoms with van der Waals surface area (Å²) in [5.74, 6) is 0.739. The Kier molecular flexibility index (Phi) is 3.33. The molecule has 2 rings (SSSR count). The van der Waals surface area contributed by atoms with Gasteiger partial charge in [-0.15, -0.1) is 11.3 Å². The zero-order valence-electron chi connectivity index (χ0n) is 8.11. The molecule has 0 aliphatic carbocycles. The maximum absolute atomic E-state index is 5.57. The first-order valence-corrected chi connectivity index (χ1v) is 6.07. The molecular weight excluding hydrogens is 276 g/mol. The van der Waals surface area contributed by atoms with Crippen molar-refractivity contribution >= 4 is 27.3 Å². The van der Waals surface area contributed by atoms with Gasteiger partial charge >= 0.3 is 0 Å². The number of aryl methyl sites for hydroxylation is 1. The minimum atomic E-state index is 0.481. The van der Waals surface area contributed by atoms with Gasteiger partial charge in [0, 0.05) is 11.6 Å². The first-order valence-electron chi connectivity index (χ1n) is 4.40. The summed E-state index contributed by atoms with van der Waals surface area (Å²) >= 11 is 4.95. The molecule has 0 aliphatic rings. The van der Waals surface area contributed by atoms with Crippen LogP contribution in [0.25, 0.3) is 0 Å². The van der Waals surface area contributed by atoms with Gasteiger partial charge in [0.15, 0.2) is 5.75 Å². The Labute approximate surface area is 100 Å². The van der Waals surface area contributed by atoms with Crippen LogP contribution in [0.15, 0.2) is 28.3 Å². The summed E-state index contributed by atoms with van der Waals surface area (Å²) in [6.45, 7) is 2.46. The topological polar surface area (TPSA) is 35.0 Å². The first kappa shape index (κ1) is 10.6. The second-order valence-corrected chi connectivity index (χ2v) is 4.75. The molecule has 15 heavy (non-hydrogen) atoms. The van der Waals surface area contributed by atoms with Crippen LogP contribution in [0.5, 0.6) is 5.75 Å². The number of thiazole rings is 1. The van der Waals surface area contributed by atoms with Crippen LogP contribution in [-0.2, 0) is 6.61 Å². The van der Waals surface area contributed by atoms with E-state index in [0.29, 0.717) is 6.61 Å². The third-order valence-corrected chi connectivity index (χ3v) is 3.18. The Bertz CT molecular complexity index is 458. The zero-order chi connectivity index (χ0) is 10.7. The molecule has 2 aromatic heterocycles. The SMILES string of the molecule is Cc1nc(COc2cccnc2Br)cs1. The smallest absolute Gasteiger partial charge is 0.152 e. The summed E-state index contributed by atoms with van der Waals surface area (Å²) in [4.78, 5) is 8.38. The average Bonchev–Trinajstić information content (AvgIpc) is 2.63. The molecule has 0 saturated carbocycles. The predicted molar refractivity (Wildman–Crippen MR) is 63.1 cm³/mol. The fraction of sp³-hybridized carbons (Fsp3) is 0.200. The quantitative estimate of drug-likeness (QED) is 0.812. The normalized spacial score (nSPS) is 10.3. The lowest BCUT2D eigenvalue weighted by molar-refractivity contribution is 0.298. The van der Waals surface area contributed by atoms with Crippen LogP contribution in [0.4, 0.5) is 0 Å². The number of ether oxygens (including phenoxy) is 1. The van der Waals surface area contributed by atoms with Crippen molar-refractivity contribution in [3.8, 4) is 5.75 Å². The van der Waals surface area contributed by atoms with Crippen LogP contribution in [0, 0.1) is 6.92 Å². The fourth-order valence-corrected chi connectivity index (χ4v) is 2.07. The average molecular weight is 285 g/mol. The minimum Gasteiger partial charge on any atom is -0.484 e. The van der Waals surface area contributed by atoms with E-state index in [9.17, 15) is 0 Å². The Morgan fingerprint density at radius 1 is 1.53 bits per heavy atom. The van der Waals surface area contributed by atoms with Gasteiger partial charge in [-0.2, -0.15) is 0 Å². The highest BCUT2D eigenvalue weighted by Gasteiger charge is 2.03. The van der Waals surface area contributed by atoms with Crippen LogP contribution in [0.1, 0.15) is 10.7 Å². The third kappa shape index (κ3) is 2.76. The van der Waals surface area contributed by atoms with E-state index >= 15 is 0 Å². The van der Waals surface area contributed by atoms with Crippen molar-refractivity contribution in [2.24, 2.45) is 0 Å². The number of hydrogen-bond donors (Lipinski definition) is 0. The summed E-state index contributed by atoms with van der Waals surface area (Å²) in [6.07, 6.45) is 1.71. The Hall–Kier alpha value is -0.940. The summed E-state index contributed by atoms with van der Waals surface area (Å²) in [7, 11) is 0. The molecular formula is C10H9BrN2OS. The van der Waals surface area contributed by atoms with Gasteiger partial charge in [0.1, 0.15) is 11.2 Å². The summed E-state index contributed by atoms with van der Waals surface area (Å²) in [6, 6.07) is 3.71. The molecule has 78 valence electrons. The standard InChI is InChI=1S/C10H9BrN2OS/c1-7-13-8(6-15-7)5-14-9-3-2-4-12-10(9)11/h2-4,6H,5H2,1H3. The van der Waals surface area contributed by atoms with Gasteiger partial charge in [0.25, 0.3) is 0 Å². The molecule has 3 nitrogen and oxygen atoms in total. The van der Waals surface area contributed by atoms with Crippen molar-refractivity contribution in [3.05, 3.63) is 39.0 Å². The molecule has 2 aromatic rings. The summed E-state index contributed by atoms with van der Waals surface area (Å²) < 4.78 is 6.29. The molecule has 0 atom stereocenters. The maximum atomic E-state index is 5.57. The molecule has 2 heterocycles. The van der Waals surface area contributed by atoms with Gasteiger partial charge in [-0.3, -0.25) is 0 Å². The van der Waals surface area contributed by atoms with Crippen LogP contribution in [0.3, 0.4) is 0 Å². The molecule has 0 saturated heterocycles. The van der Waals surface area contributed by atoms with Crippen molar-refractivity contribution in [3.63, 3.8) is 0 Å². The van der Waals surface area contributed by atoms with Crippen LogP contribution < -0.4 is 4.74 Å². The van der Waals surface area contributed by atoms with E-state index in [-0.39, 0.29) is 0 Å². The number of halogens is 1. The van der Waals surface area contributed by atoms with Gasteiger partial charge in [-0.1, -0.05) is 0 Å². The number of hydrogen-bond acceptors (Lipinski definition) is 4. The van der Waals surface area contributed by atoms with E-state index in [1.54, 1.807) is 17.5 Å². The monoisotopic (exact) mass is 284 g/mol. The largest absolute Gasteiger partial charge is 0.484 e. The molecule has 0 amide bonds. The molecule has 0 N–H and O–H groups in total. The molecule has 0 unspecified atom stereocenters. The highest BCUT2D eigenvalue weighted by Crippen LogP contribution is 2.22. The molecule has 0 aliphatic heterocycles. The van der Waals surface area contributed by atoms with E-state index in [2.05, 4.69) is 25.9 Å². The van der Waals surface area contributed by atoms with E-state index in [1.807, 2.05) is 24.4 Å².